The van der Waals surface area contributed by atoms with Crippen molar-refractivity contribution in [2.75, 3.05) is 9.80 Å². The van der Waals surface area contributed by atoms with Gasteiger partial charge in [0.2, 0.25) is 0 Å². The van der Waals surface area contributed by atoms with Crippen molar-refractivity contribution in [2.45, 2.75) is 26.2 Å². The molecule has 0 spiro atoms. The molecule has 0 aliphatic carbocycles. The first kappa shape index (κ1) is 35.9. The molecule has 5 heteroatoms. The molecule has 13 rings (SSSR count). The molecule has 2 aliphatic heterocycles. The van der Waals surface area contributed by atoms with Crippen LogP contribution in [0.1, 0.15) is 26.3 Å². The van der Waals surface area contributed by atoms with E-state index >= 15 is 0 Å². The maximum absolute atomic E-state index is 2.52. The van der Waals surface area contributed by atoms with Crippen LogP contribution in [-0.4, -0.2) is 15.8 Å². The van der Waals surface area contributed by atoms with Gasteiger partial charge in [-0.15, -0.1) is 0 Å². The lowest BCUT2D eigenvalue weighted by Gasteiger charge is -2.45. The van der Waals surface area contributed by atoms with E-state index in [2.05, 4.69) is 246 Å². The maximum atomic E-state index is 2.52. The number of fused-ring (bicyclic) bond motifs is 10. The van der Waals surface area contributed by atoms with E-state index < -0.39 is 0 Å². The Morgan fingerprint density at radius 3 is 1.02 bits per heavy atom. The zero-order valence-corrected chi connectivity index (χ0v) is 35.5. The van der Waals surface area contributed by atoms with E-state index in [-0.39, 0.29) is 12.1 Å². The molecule has 0 radical (unpaired) electrons. The van der Waals surface area contributed by atoms with Gasteiger partial charge < -0.3 is 18.9 Å². The lowest BCUT2D eigenvalue weighted by molar-refractivity contribution is 0.590. The number of anilines is 6. The van der Waals surface area contributed by atoms with E-state index in [4.69, 9.17) is 0 Å². The predicted molar refractivity (Wildman–Crippen MR) is 268 cm³/mol. The summed E-state index contributed by atoms with van der Waals surface area (Å²) in [5.74, 6) is 0. The number of benzene rings is 9. The SMILES string of the molecule is CC(C)(C)c1cc2c3c(c1)N(c1ccc(-n4c5ccccc5c5ccccc54)cc1)c1ccccc1B3c1ccccc1N2c1ccc(-n2c3ccccc3c3ccccc32)cc1. The molecule has 9 aromatic carbocycles. The van der Waals surface area contributed by atoms with E-state index in [0.29, 0.717) is 0 Å². The molecule has 4 heterocycles. The highest BCUT2D eigenvalue weighted by Gasteiger charge is 2.43. The van der Waals surface area contributed by atoms with Gasteiger partial charge in [-0.2, -0.15) is 0 Å². The first-order chi connectivity index (χ1) is 30.9. The molecule has 0 fully saturated rings. The quantitative estimate of drug-likeness (QED) is 0.165. The second kappa shape index (κ2) is 13.4. The van der Waals surface area contributed by atoms with Gasteiger partial charge in [0.05, 0.1) is 22.1 Å². The molecular weight excluding hydrogens is 763 g/mol. The Labute approximate surface area is 367 Å². The molecule has 0 amide bonds. The number of aromatic nitrogens is 2. The Bertz CT molecular complexity index is 3290. The Kier molecular flexibility index (Phi) is 7.63. The zero-order chi connectivity index (χ0) is 42.0. The molecule has 4 nitrogen and oxygen atoms in total. The fraction of sp³-hybridized carbons (Fsp3) is 0.0690. The Morgan fingerprint density at radius 1 is 0.333 bits per heavy atom. The van der Waals surface area contributed by atoms with Crippen LogP contribution in [0.15, 0.2) is 206 Å². The highest BCUT2D eigenvalue weighted by atomic mass is 15.2. The summed E-state index contributed by atoms with van der Waals surface area (Å²) in [4.78, 5) is 5.04. The summed E-state index contributed by atoms with van der Waals surface area (Å²) in [6.45, 7) is 7.07. The molecule has 298 valence electrons. The molecule has 0 atom stereocenters. The van der Waals surface area contributed by atoms with Crippen LogP contribution in [0.3, 0.4) is 0 Å². The fourth-order valence-corrected chi connectivity index (χ4v) is 10.8. The van der Waals surface area contributed by atoms with Crippen molar-refractivity contribution < 1.29 is 0 Å². The van der Waals surface area contributed by atoms with Gasteiger partial charge in [0.25, 0.3) is 6.71 Å². The summed E-state index contributed by atoms with van der Waals surface area (Å²) in [6, 6.07) is 76.4. The number of hydrogen-bond acceptors (Lipinski definition) is 2. The fourth-order valence-electron chi connectivity index (χ4n) is 10.8. The van der Waals surface area contributed by atoms with Crippen LogP contribution < -0.4 is 26.2 Å². The summed E-state index contributed by atoms with van der Waals surface area (Å²) in [5, 5.41) is 5.07. The molecule has 0 saturated heterocycles. The van der Waals surface area contributed by atoms with Gasteiger partial charge >= 0.3 is 0 Å². The molecule has 0 N–H and O–H groups in total. The van der Waals surface area contributed by atoms with Gasteiger partial charge in [-0.05, 0) is 124 Å². The van der Waals surface area contributed by atoms with Crippen molar-refractivity contribution in [2.24, 2.45) is 0 Å². The Balaban J connectivity index is 1.00. The molecule has 0 saturated carbocycles. The summed E-state index contributed by atoms with van der Waals surface area (Å²) in [7, 11) is 0. The van der Waals surface area contributed by atoms with Crippen LogP contribution in [0.4, 0.5) is 34.1 Å². The highest BCUT2D eigenvalue weighted by Crippen LogP contribution is 2.46. The third-order valence-electron chi connectivity index (χ3n) is 13.6. The summed E-state index contributed by atoms with van der Waals surface area (Å²) in [6.07, 6.45) is 0. The van der Waals surface area contributed by atoms with E-state index in [1.807, 2.05) is 0 Å². The molecule has 0 unspecified atom stereocenters. The van der Waals surface area contributed by atoms with Crippen molar-refractivity contribution in [1.29, 1.82) is 0 Å². The van der Waals surface area contributed by atoms with E-state index in [1.165, 1.54) is 88.3 Å². The van der Waals surface area contributed by atoms with Gasteiger partial charge in [-0.3, -0.25) is 0 Å². The summed E-state index contributed by atoms with van der Waals surface area (Å²) in [5.41, 5.74) is 19.5. The minimum atomic E-state index is -0.104. The minimum absolute atomic E-state index is 0.0673. The molecule has 0 bridgehead atoms. The Hall–Kier alpha value is -7.76. The lowest BCUT2D eigenvalue weighted by Crippen LogP contribution is -2.61. The summed E-state index contributed by atoms with van der Waals surface area (Å²) >= 11 is 0. The van der Waals surface area contributed by atoms with Gasteiger partial charge in [0, 0.05) is 67.0 Å². The smallest absolute Gasteiger partial charge is 0.252 e. The highest BCUT2D eigenvalue weighted by molar-refractivity contribution is 7.00. The number of rotatable bonds is 4. The Morgan fingerprint density at radius 2 is 0.651 bits per heavy atom. The van der Waals surface area contributed by atoms with Crippen LogP contribution >= 0.6 is 0 Å². The standard InChI is InChI=1S/C58H43BN4/c1-58(2,3)38-36-55-57-56(37-38)63(42-34-30-40(31-35-42)61-51-24-12-6-18-45(51)46-19-7-13-25-52(46)61)54-27-15-9-21-48(54)59(57)47-20-8-14-26-53(47)62(55)41-32-28-39(29-33-41)60-49-22-10-4-16-43(49)44-17-5-11-23-50(44)60/h4-37H,1-3H3. The molecule has 2 aromatic heterocycles. The number of para-hydroxylation sites is 6. The largest absolute Gasteiger partial charge is 0.311 e. The molecular formula is C58H43BN4. The van der Waals surface area contributed by atoms with Gasteiger partial charge in [-0.1, -0.05) is 130 Å². The van der Waals surface area contributed by atoms with Crippen molar-refractivity contribution in [3.8, 4) is 11.4 Å². The third kappa shape index (κ3) is 5.23. The van der Waals surface area contributed by atoms with Crippen molar-refractivity contribution in [3.05, 3.63) is 212 Å². The van der Waals surface area contributed by atoms with E-state index in [0.717, 1.165) is 22.7 Å². The topological polar surface area (TPSA) is 16.3 Å². The van der Waals surface area contributed by atoms with Crippen LogP contribution in [-0.2, 0) is 5.41 Å². The van der Waals surface area contributed by atoms with Crippen LogP contribution in [0.25, 0.3) is 55.0 Å². The monoisotopic (exact) mass is 806 g/mol. The first-order valence-corrected chi connectivity index (χ1v) is 22.1. The first-order valence-electron chi connectivity index (χ1n) is 22.1. The van der Waals surface area contributed by atoms with Crippen LogP contribution in [0.5, 0.6) is 0 Å². The molecule has 11 aromatic rings. The third-order valence-corrected chi connectivity index (χ3v) is 13.6. The minimum Gasteiger partial charge on any atom is -0.311 e. The van der Waals surface area contributed by atoms with Crippen LogP contribution in [0, 0.1) is 0 Å². The van der Waals surface area contributed by atoms with E-state index in [1.54, 1.807) is 0 Å². The van der Waals surface area contributed by atoms with Gasteiger partial charge in [-0.25, -0.2) is 0 Å². The van der Waals surface area contributed by atoms with Crippen molar-refractivity contribution >= 4 is 101 Å². The van der Waals surface area contributed by atoms with Gasteiger partial charge in [0.15, 0.2) is 0 Å². The zero-order valence-electron chi connectivity index (χ0n) is 35.5. The van der Waals surface area contributed by atoms with Crippen molar-refractivity contribution in [3.63, 3.8) is 0 Å². The lowest BCUT2D eigenvalue weighted by atomic mass is 9.33. The second-order valence-electron chi connectivity index (χ2n) is 18.2. The molecule has 63 heavy (non-hydrogen) atoms. The number of hydrogen-bond donors (Lipinski definition) is 0. The maximum Gasteiger partial charge on any atom is 0.252 e. The van der Waals surface area contributed by atoms with E-state index in [9.17, 15) is 0 Å². The summed E-state index contributed by atoms with van der Waals surface area (Å²) < 4.78 is 4.80. The average Bonchev–Trinajstić information content (AvgIpc) is 3.84. The average molecular weight is 807 g/mol. The van der Waals surface area contributed by atoms with Gasteiger partial charge in [0.1, 0.15) is 0 Å². The van der Waals surface area contributed by atoms with Crippen molar-refractivity contribution in [1.82, 2.24) is 9.13 Å². The van der Waals surface area contributed by atoms with Crippen LogP contribution in [0.2, 0.25) is 0 Å². The molecule has 2 aliphatic rings. The predicted octanol–water partition coefficient (Wildman–Crippen LogP) is 13.3. The second-order valence-corrected chi connectivity index (χ2v) is 18.2. The number of nitrogens with zero attached hydrogens (tertiary/aromatic N) is 4. The normalized spacial score (nSPS) is 13.2.